The Morgan fingerprint density at radius 1 is 1.21 bits per heavy atom. The molecule has 38 heavy (non-hydrogen) atoms. The maximum Gasteiger partial charge on any atom is 0.350 e. The van der Waals surface area contributed by atoms with Crippen molar-refractivity contribution in [3.8, 4) is 0 Å². The number of carbonyl (C=O) groups is 3. The Morgan fingerprint density at radius 3 is 2.53 bits per heavy atom. The molecule has 1 saturated heterocycles. The van der Waals surface area contributed by atoms with Gasteiger partial charge >= 0.3 is 11.9 Å². The van der Waals surface area contributed by atoms with Crippen molar-refractivity contribution in [3.63, 3.8) is 0 Å². The second kappa shape index (κ2) is 10.4. The number of esters is 1. The van der Waals surface area contributed by atoms with E-state index in [1.165, 1.54) is 30.3 Å². The summed E-state index contributed by atoms with van der Waals surface area (Å²) in [6.45, 7) is 8.64. The lowest BCUT2D eigenvalue weighted by molar-refractivity contribution is -0.384. The summed E-state index contributed by atoms with van der Waals surface area (Å²) in [5.74, 6) is -2.95. The SMILES string of the molecule is C=CCOC(=O)c1sc(N2C(=O)C(=O)/C(=C(/O)c3cc(C)ccc3C)C2c2ccc([N+](=O)[O-])cc2)nc1C. The van der Waals surface area contributed by atoms with Crippen LogP contribution in [0.1, 0.15) is 43.7 Å². The van der Waals surface area contributed by atoms with E-state index in [-0.39, 0.29) is 39.3 Å². The van der Waals surface area contributed by atoms with Gasteiger partial charge in [0, 0.05) is 17.7 Å². The van der Waals surface area contributed by atoms with Gasteiger partial charge in [0.15, 0.2) is 5.13 Å². The van der Waals surface area contributed by atoms with Crippen LogP contribution in [0.15, 0.2) is 60.7 Å². The number of aliphatic hydroxyl groups excluding tert-OH is 1. The average molecular weight is 534 g/mol. The first-order valence-corrected chi connectivity index (χ1v) is 12.2. The number of nitro groups is 1. The van der Waals surface area contributed by atoms with Crippen LogP contribution in [0.3, 0.4) is 0 Å². The number of aromatic nitrogens is 1. The molecule has 11 heteroatoms. The molecule has 1 atom stereocenters. The molecule has 1 aromatic heterocycles. The van der Waals surface area contributed by atoms with E-state index >= 15 is 0 Å². The fourth-order valence-electron chi connectivity index (χ4n) is 4.13. The molecule has 0 aliphatic carbocycles. The van der Waals surface area contributed by atoms with Crippen LogP contribution in [-0.2, 0) is 14.3 Å². The standard InChI is InChI=1S/C27H23N3O7S/c1-5-12-37-26(34)24-16(4)28-27(38-24)29-21(17-8-10-18(11-9-17)30(35)36)20(23(32)25(29)33)22(31)19-13-14(2)6-7-15(19)3/h5-11,13,21,31H,1,12H2,2-4H3/b22-20+. The van der Waals surface area contributed by atoms with E-state index in [0.717, 1.165) is 21.8 Å². The lowest BCUT2D eigenvalue weighted by atomic mass is 9.93. The van der Waals surface area contributed by atoms with Gasteiger partial charge in [0.1, 0.15) is 17.2 Å². The van der Waals surface area contributed by atoms with Crippen LogP contribution in [0.4, 0.5) is 10.8 Å². The zero-order valence-corrected chi connectivity index (χ0v) is 21.6. The Bertz CT molecular complexity index is 1520. The molecule has 3 aromatic rings. The predicted molar refractivity (Wildman–Crippen MR) is 141 cm³/mol. The van der Waals surface area contributed by atoms with Crippen molar-refractivity contribution in [2.75, 3.05) is 11.5 Å². The number of non-ortho nitro benzene ring substituents is 1. The number of ketones is 1. The molecule has 2 heterocycles. The quantitative estimate of drug-likeness (QED) is 0.0856. The summed E-state index contributed by atoms with van der Waals surface area (Å²) in [6, 6.07) is 9.51. The topological polar surface area (TPSA) is 140 Å². The maximum atomic E-state index is 13.4. The smallest absolute Gasteiger partial charge is 0.350 e. The highest BCUT2D eigenvalue weighted by Crippen LogP contribution is 2.44. The predicted octanol–water partition coefficient (Wildman–Crippen LogP) is 4.95. The van der Waals surface area contributed by atoms with Crippen LogP contribution in [-0.4, -0.2) is 39.3 Å². The second-order valence-corrected chi connectivity index (χ2v) is 9.61. The number of amides is 1. The fraction of sp³-hybridized carbons (Fsp3) is 0.185. The molecule has 1 fully saturated rings. The van der Waals surface area contributed by atoms with Crippen molar-refractivity contribution < 1.29 is 29.2 Å². The van der Waals surface area contributed by atoms with Crippen molar-refractivity contribution in [2.45, 2.75) is 26.8 Å². The Labute approximate surface area is 221 Å². The molecule has 0 radical (unpaired) electrons. The van der Waals surface area contributed by atoms with E-state index in [9.17, 15) is 29.6 Å². The monoisotopic (exact) mass is 533 g/mol. The Kier molecular flexibility index (Phi) is 7.22. The van der Waals surface area contributed by atoms with Crippen molar-refractivity contribution in [3.05, 3.63) is 104 Å². The van der Waals surface area contributed by atoms with Crippen molar-refractivity contribution in [2.24, 2.45) is 0 Å². The Balaban J connectivity index is 1.92. The maximum absolute atomic E-state index is 13.4. The molecule has 1 unspecified atom stereocenters. The van der Waals surface area contributed by atoms with Gasteiger partial charge in [0.25, 0.3) is 11.5 Å². The lowest BCUT2D eigenvalue weighted by Gasteiger charge is -2.23. The molecule has 0 spiro atoms. The second-order valence-electron chi connectivity index (χ2n) is 8.63. The number of anilines is 1. The number of thiazole rings is 1. The third kappa shape index (κ3) is 4.71. The van der Waals surface area contributed by atoms with Crippen molar-refractivity contribution in [1.82, 2.24) is 4.98 Å². The molecular weight excluding hydrogens is 510 g/mol. The molecule has 1 aliphatic rings. The van der Waals surface area contributed by atoms with Crippen LogP contribution in [0, 0.1) is 30.9 Å². The number of aryl methyl sites for hydroxylation is 3. The summed E-state index contributed by atoms with van der Waals surface area (Å²) in [5.41, 5.74) is 2.14. The third-order valence-electron chi connectivity index (χ3n) is 6.02. The number of nitro benzene ring substituents is 1. The van der Waals surface area contributed by atoms with Crippen LogP contribution >= 0.6 is 11.3 Å². The van der Waals surface area contributed by atoms with Gasteiger partial charge in [-0.05, 0) is 50.1 Å². The van der Waals surface area contributed by atoms with Crippen LogP contribution < -0.4 is 4.90 Å². The summed E-state index contributed by atoms with van der Waals surface area (Å²) in [7, 11) is 0. The number of Topliss-reactive ketones (excluding diaryl/α,β-unsaturated/α-hetero) is 1. The summed E-state index contributed by atoms with van der Waals surface area (Å²) < 4.78 is 5.10. The van der Waals surface area contributed by atoms with Gasteiger partial charge < -0.3 is 9.84 Å². The third-order valence-corrected chi connectivity index (χ3v) is 7.16. The Morgan fingerprint density at radius 2 is 1.89 bits per heavy atom. The number of benzene rings is 2. The minimum Gasteiger partial charge on any atom is -0.507 e. The van der Waals surface area contributed by atoms with Gasteiger partial charge in [0.2, 0.25) is 0 Å². The number of ether oxygens (including phenoxy) is 1. The van der Waals surface area contributed by atoms with E-state index < -0.39 is 28.6 Å². The molecule has 0 saturated carbocycles. The highest BCUT2D eigenvalue weighted by molar-refractivity contribution is 7.17. The molecular formula is C27H23N3O7S. The van der Waals surface area contributed by atoms with E-state index in [4.69, 9.17) is 4.74 Å². The summed E-state index contributed by atoms with van der Waals surface area (Å²) >= 11 is 0.863. The molecule has 1 amide bonds. The lowest BCUT2D eigenvalue weighted by Crippen LogP contribution is -2.29. The van der Waals surface area contributed by atoms with Gasteiger partial charge in [-0.2, -0.15) is 0 Å². The molecule has 1 aliphatic heterocycles. The Hall–Kier alpha value is -4.64. The minimum absolute atomic E-state index is 0.0192. The summed E-state index contributed by atoms with van der Waals surface area (Å²) in [5, 5.41) is 22.6. The van der Waals surface area contributed by atoms with Gasteiger partial charge in [0.05, 0.1) is 22.2 Å². The molecule has 1 N–H and O–H groups in total. The number of aliphatic hydroxyl groups is 1. The van der Waals surface area contributed by atoms with Crippen molar-refractivity contribution in [1.29, 1.82) is 0 Å². The summed E-state index contributed by atoms with van der Waals surface area (Å²) in [6.07, 6.45) is 1.41. The minimum atomic E-state index is -1.15. The largest absolute Gasteiger partial charge is 0.507 e. The number of hydrogen-bond acceptors (Lipinski definition) is 9. The number of hydrogen-bond donors (Lipinski definition) is 1. The van der Waals surface area contributed by atoms with Crippen LogP contribution in [0.2, 0.25) is 0 Å². The molecule has 0 bridgehead atoms. The molecule has 4 rings (SSSR count). The first-order valence-electron chi connectivity index (χ1n) is 11.4. The zero-order valence-electron chi connectivity index (χ0n) is 20.8. The number of carbonyl (C=O) groups excluding carboxylic acids is 3. The average Bonchev–Trinajstić information content (AvgIpc) is 3.40. The molecule has 10 nitrogen and oxygen atoms in total. The van der Waals surface area contributed by atoms with Gasteiger partial charge in [-0.25, -0.2) is 9.78 Å². The van der Waals surface area contributed by atoms with Crippen LogP contribution in [0.25, 0.3) is 5.76 Å². The fourth-order valence-corrected chi connectivity index (χ4v) is 5.12. The van der Waals surface area contributed by atoms with Gasteiger partial charge in [-0.3, -0.25) is 24.6 Å². The van der Waals surface area contributed by atoms with E-state index in [2.05, 4.69) is 11.6 Å². The first kappa shape index (κ1) is 26.4. The zero-order chi connectivity index (χ0) is 27.7. The number of nitrogens with zero attached hydrogens (tertiary/aromatic N) is 3. The molecule has 2 aromatic carbocycles. The highest BCUT2D eigenvalue weighted by Gasteiger charge is 2.48. The first-order chi connectivity index (χ1) is 18.0. The molecule has 194 valence electrons. The summed E-state index contributed by atoms with van der Waals surface area (Å²) in [4.78, 5) is 55.5. The highest BCUT2D eigenvalue weighted by atomic mass is 32.1. The van der Waals surface area contributed by atoms with Crippen molar-refractivity contribution >= 4 is 45.6 Å². The number of rotatable bonds is 7. The van der Waals surface area contributed by atoms with Gasteiger partial charge in [-0.15, -0.1) is 0 Å². The normalized spacial score (nSPS) is 16.5. The van der Waals surface area contributed by atoms with Gasteiger partial charge in [-0.1, -0.05) is 41.7 Å². The van der Waals surface area contributed by atoms with E-state index in [0.29, 0.717) is 16.7 Å². The van der Waals surface area contributed by atoms with Crippen LogP contribution in [0.5, 0.6) is 0 Å². The van der Waals surface area contributed by atoms with E-state index in [1.807, 2.05) is 13.0 Å². The van der Waals surface area contributed by atoms with E-state index in [1.54, 1.807) is 26.0 Å².